The minimum absolute atomic E-state index is 0.0115. The third-order valence-corrected chi connectivity index (χ3v) is 5.11. The summed E-state index contributed by atoms with van der Waals surface area (Å²) in [4.78, 5) is 12.0. The quantitative estimate of drug-likeness (QED) is 0.749. The lowest BCUT2D eigenvalue weighted by molar-refractivity contribution is -0.111. The Balaban J connectivity index is 2.49. The van der Waals surface area contributed by atoms with Gasteiger partial charge in [-0.15, -0.1) is 0 Å². The zero-order valence-electron chi connectivity index (χ0n) is 12.5. The molecule has 0 amide bonds. The van der Waals surface area contributed by atoms with Crippen molar-refractivity contribution in [3.8, 4) is 0 Å². The van der Waals surface area contributed by atoms with Gasteiger partial charge in [-0.25, -0.2) is 0 Å². The Morgan fingerprint density at radius 2 is 1.68 bits per heavy atom. The topological polar surface area (TPSA) is 63.6 Å². The Labute approximate surface area is 138 Å². The van der Waals surface area contributed by atoms with Gasteiger partial charge in [0, 0.05) is 10.0 Å². The van der Waals surface area contributed by atoms with Crippen molar-refractivity contribution in [1.82, 2.24) is 0 Å². The average molecular weight is 382 g/mol. The fourth-order valence-electron chi connectivity index (χ4n) is 2.02. The van der Waals surface area contributed by atoms with Crippen molar-refractivity contribution >= 4 is 37.4 Å². The van der Waals surface area contributed by atoms with E-state index in [1.165, 1.54) is 18.2 Å². The number of benzene rings is 1. The highest BCUT2D eigenvalue weighted by atomic mass is 79.9. The van der Waals surface area contributed by atoms with Gasteiger partial charge in [0.15, 0.2) is 5.78 Å². The van der Waals surface area contributed by atoms with Gasteiger partial charge < -0.3 is 0 Å². The van der Waals surface area contributed by atoms with Crippen molar-refractivity contribution in [3.63, 3.8) is 0 Å². The number of nitrogens with zero attached hydrogens (tertiary/aromatic N) is 1. The van der Waals surface area contributed by atoms with Gasteiger partial charge in [-0.2, -0.15) is 12.8 Å². The molecule has 1 aromatic carbocycles. The monoisotopic (exact) mass is 381 g/mol. The summed E-state index contributed by atoms with van der Waals surface area (Å²) in [7, 11) is -3.81. The molecule has 22 heavy (non-hydrogen) atoms. The lowest BCUT2D eigenvalue weighted by atomic mass is 9.90. The summed E-state index contributed by atoms with van der Waals surface area (Å²) in [5.74, 6) is -0.0788. The van der Waals surface area contributed by atoms with Crippen LogP contribution in [0.1, 0.15) is 20.8 Å². The fraction of sp³-hybridized carbons (Fsp3) is 0.250. The van der Waals surface area contributed by atoms with Crippen molar-refractivity contribution in [1.29, 1.82) is 0 Å². The van der Waals surface area contributed by atoms with E-state index < -0.39 is 10.0 Å². The van der Waals surface area contributed by atoms with Crippen LogP contribution in [0.5, 0.6) is 0 Å². The van der Waals surface area contributed by atoms with Crippen LogP contribution in [0.3, 0.4) is 0 Å². The molecule has 0 N–H and O–H groups in total. The molecule has 4 nitrogen and oxygen atoms in total. The summed E-state index contributed by atoms with van der Waals surface area (Å²) in [6.45, 7) is 5.46. The Morgan fingerprint density at radius 3 is 2.23 bits per heavy atom. The number of allylic oxidation sites excluding steroid dienone is 4. The number of hydrogen-bond donors (Lipinski definition) is 0. The lowest BCUT2D eigenvalue weighted by Gasteiger charge is -2.15. The van der Waals surface area contributed by atoms with E-state index in [0.717, 1.165) is 4.47 Å². The molecule has 116 valence electrons. The normalized spacial score (nSPS) is 17.7. The molecule has 0 heterocycles. The summed E-state index contributed by atoms with van der Waals surface area (Å²) in [5.41, 5.74) is 1.43. The number of sulfonamides is 1. The van der Waals surface area contributed by atoms with Crippen LogP contribution in [0.4, 0.5) is 0 Å². The van der Waals surface area contributed by atoms with E-state index in [9.17, 15) is 13.2 Å². The maximum absolute atomic E-state index is 12.4. The van der Waals surface area contributed by atoms with Crippen molar-refractivity contribution in [3.05, 3.63) is 52.0 Å². The molecule has 0 saturated heterocycles. The van der Waals surface area contributed by atoms with Gasteiger partial charge in [-0.3, -0.25) is 4.79 Å². The van der Waals surface area contributed by atoms with E-state index in [1.54, 1.807) is 25.1 Å². The SMILES string of the molecule is CC1=CC(=O)C(C(C)C)=C/C1=N\S(=O)(=O)c1ccc(Br)cc1. The minimum Gasteiger partial charge on any atom is -0.290 e. The molecule has 0 aromatic heterocycles. The van der Waals surface area contributed by atoms with Gasteiger partial charge in [0.05, 0.1) is 10.6 Å². The predicted octanol–water partition coefficient (Wildman–Crippen LogP) is 3.69. The number of hydrogen-bond acceptors (Lipinski definition) is 3. The summed E-state index contributed by atoms with van der Waals surface area (Å²) in [6, 6.07) is 6.28. The molecule has 0 aliphatic heterocycles. The molecular formula is C16H16BrNO3S. The first kappa shape index (κ1) is 16.8. The molecule has 0 unspecified atom stereocenters. The van der Waals surface area contributed by atoms with Crippen LogP contribution >= 0.6 is 15.9 Å². The molecule has 0 atom stereocenters. The van der Waals surface area contributed by atoms with E-state index in [2.05, 4.69) is 20.3 Å². The predicted molar refractivity (Wildman–Crippen MR) is 90.4 cm³/mol. The van der Waals surface area contributed by atoms with Gasteiger partial charge in [-0.05, 0) is 54.8 Å². The average Bonchev–Trinajstić information content (AvgIpc) is 2.41. The lowest BCUT2D eigenvalue weighted by Crippen LogP contribution is -2.16. The molecule has 0 bridgehead atoms. The van der Waals surface area contributed by atoms with E-state index in [1.807, 2.05) is 13.8 Å². The Hall–Kier alpha value is -1.53. The first-order valence-electron chi connectivity index (χ1n) is 6.76. The third-order valence-electron chi connectivity index (χ3n) is 3.28. The number of halogens is 1. The van der Waals surface area contributed by atoms with Crippen molar-refractivity contribution in [2.45, 2.75) is 25.7 Å². The number of ketones is 1. The van der Waals surface area contributed by atoms with Crippen LogP contribution in [0.15, 0.2) is 61.3 Å². The number of carbonyl (C=O) groups is 1. The third kappa shape index (κ3) is 3.62. The molecule has 1 aliphatic rings. The van der Waals surface area contributed by atoms with Crippen molar-refractivity contribution in [2.75, 3.05) is 0 Å². The van der Waals surface area contributed by atoms with E-state index in [0.29, 0.717) is 16.9 Å². The smallest absolute Gasteiger partial charge is 0.282 e. The Morgan fingerprint density at radius 1 is 1.09 bits per heavy atom. The van der Waals surface area contributed by atoms with Crippen molar-refractivity contribution < 1.29 is 13.2 Å². The molecule has 0 radical (unpaired) electrons. The number of carbonyl (C=O) groups excluding carboxylic acids is 1. The largest absolute Gasteiger partial charge is 0.290 e. The van der Waals surface area contributed by atoms with Crippen LogP contribution < -0.4 is 0 Å². The maximum Gasteiger partial charge on any atom is 0.282 e. The first-order valence-corrected chi connectivity index (χ1v) is 8.99. The summed E-state index contributed by atoms with van der Waals surface area (Å²) < 4.78 is 29.4. The van der Waals surface area contributed by atoms with Crippen LogP contribution in [0.25, 0.3) is 0 Å². The molecule has 0 fully saturated rings. The molecule has 1 aromatic rings. The zero-order valence-corrected chi connectivity index (χ0v) is 14.9. The molecule has 1 aliphatic carbocycles. The van der Waals surface area contributed by atoms with Gasteiger partial charge in [0.2, 0.25) is 0 Å². The second-order valence-corrected chi connectivity index (χ2v) is 7.87. The molecular weight excluding hydrogens is 366 g/mol. The highest BCUT2D eigenvalue weighted by Gasteiger charge is 2.21. The summed E-state index contributed by atoms with van der Waals surface area (Å²) in [5, 5.41) is 0. The maximum atomic E-state index is 12.4. The second-order valence-electron chi connectivity index (χ2n) is 5.35. The van der Waals surface area contributed by atoms with Gasteiger partial charge in [-0.1, -0.05) is 29.8 Å². The van der Waals surface area contributed by atoms with Crippen LogP contribution in [0.2, 0.25) is 0 Å². The Bertz CT molecular complexity index is 800. The molecule has 0 saturated carbocycles. The van der Waals surface area contributed by atoms with Crippen LogP contribution in [0, 0.1) is 5.92 Å². The zero-order chi connectivity index (χ0) is 16.5. The Kier molecular flexibility index (Phi) is 4.82. The van der Waals surface area contributed by atoms with Crippen LogP contribution in [-0.4, -0.2) is 19.9 Å². The summed E-state index contributed by atoms with van der Waals surface area (Å²) in [6.07, 6.45) is 3.00. The highest BCUT2D eigenvalue weighted by molar-refractivity contribution is 9.10. The van der Waals surface area contributed by atoms with Gasteiger partial charge in [0.1, 0.15) is 0 Å². The van der Waals surface area contributed by atoms with E-state index >= 15 is 0 Å². The molecule has 2 rings (SSSR count). The minimum atomic E-state index is -3.81. The van der Waals surface area contributed by atoms with Gasteiger partial charge in [0.25, 0.3) is 10.0 Å². The fourth-order valence-corrected chi connectivity index (χ4v) is 3.33. The van der Waals surface area contributed by atoms with Crippen molar-refractivity contribution in [2.24, 2.45) is 10.3 Å². The standard InChI is InChI=1S/C16H16BrNO3S/c1-10(2)14-9-15(11(3)8-16(14)19)18-22(20,21)13-6-4-12(17)5-7-13/h4-10H,1-3H3/b18-15+. The molecule has 0 spiro atoms. The second kappa shape index (κ2) is 6.30. The number of rotatable bonds is 3. The van der Waals surface area contributed by atoms with E-state index in [-0.39, 0.29) is 16.6 Å². The first-order chi connectivity index (χ1) is 10.2. The molecule has 6 heteroatoms. The van der Waals surface area contributed by atoms with Gasteiger partial charge >= 0.3 is 0 Å². The van der Waals surface area contributed by atoms with Crippen LogP contribution in [-0.2, 0) is 14.8 Å². The highest BCUT2D eigenvalue weighted by Crippen LogP contribution is 2.22. The van der Waals surface area contributed by atoms with E-state index in [4.69, 9.17) is 0 Å². The summed E-state index contributed by atoms with van der Waals surface area (Å²) >= 11 is 3.26.